The molecule has 0 fully saturated rings. The van der Waals surface area contributed by atoms with Crippen LogP contribution in [0.4, 0.5) is 5.69 Å². The Morgan fingerprint density at radius 1 is 1.63 bits per heavy atom. The minimum atomic E-state index is -0.654. The third-order valence-corrected chi connectivity index (χ3v) is 2.33. The molecule has 1 aromatic carbocycles. The molecule has 2 aromatic rings. The maximum atomic E-state index is 11.4. The number of aromatic nitrogens is 1. The van der Waals surface area contributed by atoms with Crippen molar-refractivity contribution in [2.45, 2.75) is 6.92 Å². The van der Waals surface area contributed by atoms with Gasteiger partial charge in [-0.1, -0.05) is 0 Å². The number of nitriles is 1. The summed E-state index contributed by atoms with van der Waals surface area (Å²) in [4.78, 5) is 15.4. The van der Waals surface area contributed by atoms with Crippen molar-refractivity contribution >= 4 is 22.8 Å². The molecule has 6 nitrogen and oxygen atoms in total. The highest BCUT2D eigenvalue weighted by molar-refractivity contribution is 5.93. The molecule has 0 bridgehead atoms. The molecular formula is C13H11N3O3. The number of ether oxygens (including phenoxy) is 1. The first-order valence-corrected chi connectivity index (χ1v) is 5.61. The van der Waals surface area contributed by atoms with Crippen LogP contribution in [0.1, 0.15) is 6.92 Å². The van der Waals surface area contributed by atoms with Crippen molar-refractivity contribution in [3.05, 3.63) is 36.4 Å². The summed E-state index contributed by atoms with van der Waals surface area (Å²) >= 11 is 0. The van der Waals surface area contributed by atoms with Crippen LogP contribution in [0.5, 0.6) is 0 Å². The molecule has 0 spiro atoms. The van der Waals surface area contributed by atoms with Crippen molar-refractivity contribution < 1.29 is 13.9 Å². The number of anilines is 1. The molecule has 6 heteroatoms. The number of hydrogen-bond donors (Lipinski definition) is 1. The molecule has 1 heterocycles. The van der Waals surface area contributed by atoms with Crippen molar-refractivity contribution in [2.24, 2.45) is 0 Å². The van der Waals surface area contributed by atoms with Gasteiger partial charge in [-0.2, -0.15) is 5.26 Å². The predicted octanol–water partition coefficient (Wildman–Crippen LogP) is 2.21. The second-order valence-corrected chi connectivity index (χ2v) is 3.57. The lowest BCUT2D eigenvalue weighted by Crippen LogP contribution is -2.07. The Labute approximate surface area is 109 Å². The van der Waals surface area contributed by atoms with E-state index in [1.54, 1.807) is 31.2 Å². The Balaban J connectivity index is 2.15. The van der Waals surface area contributed by atoms with E-state index < -0.39 is 5.97 Å². The molecule has 0 aliphatic carbocycles. The molecule has 0 aliphatic heterocycles. The van der Waals surface area contributed by atoms with Crippen LogP contribution in [0, 0.1) is 11.3 Å². The van der Waals surface area contributed by atoms with E-state index in [0.29, 0.717) is 11.3 Å². The van der Waals surface area contributed by atoms with E-state index in [0.717, 1.165) is 5.52 Å². The lowest BCUT2D eigenvalue weighted by molar-refractivity contribution is -0.138. The SMILES string of the molecule is CCOC(=O)/C(C#N)=C\Nc1ccc2ncoc2c1. The molecule has 96 valence electrons. The molecule has 0 radical (unpaired) electrons. The molecule has 0 aliphatic rings. The highest BCUT2D eigenvalue weighted by atomic mass is 16.5. The fourth-order valence-corrected chi connectivity index (χ4v) is 1.45. The second kappa shape index (κ2) is 5.69. The lowest BCUT2D eigenvalue weighted by Gasteiger charge is -2.02. The van der Waals surface area contributed by atoms with Gasteiger partial charge < -0.3 is 14.5 Å². The number of benzene rings is 1. The van der Waals surface area contributed by atoms with Gasteiger partial charge in [0.1, 0.15) is 11.6 Å². The summed E-state index contributed by atoms with van der Waals surface area (Å²) in [6, 6.07) is 7.03. The molecule has 0 atom stereocenters. The van der Waals surface area contributed by atoms with E-state index in [-0.39, 0.29) is 12.2 Å². The Bertz CT molecular complexity index is 667. The number of nitrogens with zero attached hydrogens (tertiary/aromatic N) is 2. The Morgan fingerprint density at radius 3 is 3.21 bits per heavy atom. The first kappa shape index (κ1) is 12.6. The van der Waals surface area contributed by atoms with Gasteiger partial charge in [0, 0.05) is 18.0 Å². The number of hydrogen-bond acceptors (Lipinski definition) is 6. The van der Waals surface area contributed by atoms with Gasteiger partial charge in [-0.15, -0.1) is 0 Å². The summed E-state index contributed by atoms with van der Waals surface area (Å²) in [5.74, 6) is -0.654. The zero-order valence-electron chi connectivity index (χ0n) is 10.2. The summed E-state index contributed by atoms with van der Waals surface area (Å²) < 4.78 is 9.89. The van der Waals surface area contributed by atoms with Crippen LogP contribution >= 0.6 is 0 Å². The van der Waals surface area contributed by atoms with Gasteiger partial charge in [-0.25, -0.2) is 9.78 Å². The van der Waals surface area contributed by atoms with Crippen LogP contribution in [0.2, 0.25) is 0 Å². The van der Waals surface area contributed by atoms with Crippen LogP contribution < -0.4 is 5.32 Å². The number of carbonyl (C=O) groups excluding carboxylic acids is 1. The molecule has 0 unspecified atom stereocenters. The monoisotopic (exact) mass is 257 g/mol. The number of nitrogens with one attached hydrogen (secondary N) is 1. The van der Waals surface area contributed by atoms with E-state index in [2.05, 4.69) is 10.3 Å². The van der Waals surface area contributed by atoms with Crippen molar-refractivity contribution in [3.8, 4) is 6.07 Å². The normalized spacial score (nSPS) is 11.1. The number of esters is 1. The maximum absolute atomic E-state index is 11.4. The van der Waals surface area contributed by atoms with Gasteiger partial charge in [0.15, 0.2) is 17.5 Å². The maximum Gasteiger partial charge on any atom is 0.350 e. The van der Waals surface area contributed by atoms with Crippen LogP contribution in [0.25, 0.3) is 11.1 Å². The Morgan fingerprint density at radius 2 is 2.47 bits per heavy atom. The summed E-state index contributed by atoms with van der Waals surface area (Å²) in [6.07, 6.45) is 2.65. The molecule has 1 aromatic heterocycles. The Hall–Kier alpha value is -2.81. The summed E-state index contributed by atoms with van der Waals surface area (Å²) in [5.41, 5.74) is 1.94. The van der Waals surface area contributed by atoms with E-state index in [1.807, 2.05) is 0 Å². The van der Waals surface area contributed by atoms with Gasteiger partial charge in [0.2, 0.25) is 0 Å². The first-order valence-electron chi connectivity index (χ1n) is 5.61. The highest BCUT2D eigenvalue weighted by Crippen LogP contribution is 2.17. The number of oxazole rings is 1. The van der Waals surface area contributed by atoms with Crippen molar-refractivity contribution in [2.75, 3.05) is 11.9 Å². The van der Waals surface area contributed by atoms with Crippen LogP contribution in [-0.2, 0) is 9.53 Å². The zero-order valence-corrected chi connectivity index (χ0v) is 10.2. The zero-order chi connectivity index (χ0) is 13.7. The largest absolute Gasteiger partial charge is 0.462 e. The number of rotatable bonds is 4. The van der Waals surface area contributed by atoms with Crippen molar-refractivity contribution in [3.63, 3.8) is 0 Å². The average molecular weight is 257 g/mol. The van der Waals surface area contributed by atoms with Crippen molar-refractivity contribution in [1.82, 2.24) is 4.98 Å². The van der Waals surface area contributed by atoms with Gasteiger partial charge in [0.25, 0.3) is 0 Å². The third-order valence-electron chi connectivity index (χ3n) is 2.33. The standard InChI is InChI=1S/C13H11N3O3/c1-2-18-13(17)9(6-14)7-15-10-3-4-11-12(5-10)19-8-16-11/h3-5,7-8,15H,2H2,1H3/b9-7-. The third kappa shape index (κ3) is 2.90. The van der Waals surface area contributed by atoms with Gasteiger partial charge >= 0.3 is 5.97 Å². The molecule has 2 rings (SSSR count). The molecule has 0 amide bonds. The topological polar surface area (TPSA) is 88.2 Å². The van der Waals surface area contributed by atoms with Crippen LogP contribution in [0.15, 0.2) is 40.8 Å². The quantitative estimate of drug-likeness (QED) is 0.513. The van der Waals surface area contributed by atoms with Gasteiger partial charge in [0.05, 0.1) is 6.61 Å². The molecular weight excluding hydrogens is 246 g/mol. The fraction of sp³-hybridized carbons (Fsp3) is 0.154. The van der Waals surface area contributed by atoms with E-state index in [9.17, 15) is 4.79 Å². The summed E-state index contributed by atoms with van der Waals surface area (Å²) in [7, 11) is 0. The number of carbonyl (C=O) groups is 1. The first-order chi connectivity index (χ1) is 9.24. The van der Waals surface area contributed by atoms with Crippen LogP contribution in [0.3, 0.4) is 0 Å². The molecule has 1 N–H and O–H groups in total. The minimum Gasteiger partial charge on any atom is -0.462 e. The minimum absolute atomic E-state index is 0.0977. The molecule has 19 heavy (non-hydrogen) atoms. The lowest BCUT2D eigenvalue weighted by atomic mass is 10.2. The van der Waals surface area contributed by atoms with E-state index >= 15 is 0 Å². The highest BCUT2D eigenvalue weighted by Gasteiger charge is 2.09. The smallest absolute Gasteiger partial charge is 0.350 e. The van der Waals surface area contributed by atoms with E-state index in [4.69, 9.17) is 14.4 Å². The van der Waals surface area contributed by atoms with Crippen LogP contribution in [-0.4, -0.2) is 17.6 Å². The predicted molar refractivity (Wildman–Crippen MR) is 68.0 cm³/mol. The summed E-state index contributed by atoms with van der Waals surface area (Å²) in [6.45, 7) is 1.90. The van der Waals surface area contributed by atoms with E-state index in [1.165, 1.54) is 12.6 Å². The van der Waals surface area contributed by atoms with Gasteiger partial charge in [-0.3, -0.25) is 0 Å². The Kier molecular flexibility index (Phi) is 3.78. The van der Waals surface area contributed by atoms with Gasteiger partial charge in [-0.05, 0) is 19.1 Å². The molecule has 0 saturated heterocycles. The average Bonchev–Trinajstić information content (AvgIpc) is 2.87. The summed E-state index contributed by atoms with van der Waals surface area (Å²) in [5, 5.41) is 11.7. The number of fused-ring (bicyclic) bond motifs is 1. The second-order valence-electron chi connectivity index (χ2n) is 3.57. The molecule has 0 saturated carbocycles. The fourth-order valence-electron chi connectivity index (χ4n) is 1.45. The van der Waals surface area contributed by atoms with Crippen molar-refractivity contribution in [1.29, 1.82) is 5.26 Å².